The van der Waals surface area contributed by atoms with Crippen LogP contribution in [-0.2, 0) is 0 Å². The lowest BCUT2D eigenvalue weighted by Gasteiger charge is -2.10. The molecule has 2 rings (SSSR count). The van der Waals surface area contributed by atoms with Crippen molar-refractivity contribution < 1.29 is 32.6 Å². The zero-order valence-electron chi connectivity index (χ0n) is 11.3. The third-order valence-corrected chi connectivity index (χ3v) is 3.98. The minimum Gasteiger partial charge on any atom is -0.476 e. The van der Waals surface area contributed by atoms with Crippen molar-refractivity contribution >= 4 is 50.1 Å². The first-order valence-corrected chi connectivity index (χ1v) is 7.58. The highest BCUT2D eigenvalue weighted by molar-refractivity contribution is 9.11. The van der Waals surface area contributed by atoms with Crippen LogP contribution in [0.3, 0.4) is 0 Å². The van der Waals surface area contributed by atoms with Crippen LogP contribution in [-0.4, -0.2) is 28.5 Å². The fourth-order valence-corrected chi connectivity index (χ4v) is 2.88. The van der Waals surface area contributed by atoms with E-state index in [-0.39, 0.29) is 20.3 Å². The maximum Gasteiger partial charge on any atom is 0.573 e. The van der Waals surface area contributed by atoms with Gasteiger partial charge in [-0.1, -0.05) is 11.3 Å². The third kappa shape index (κ3) is 5.09. The van der Waals surface area contributed by atoms with Crippen LogP contribution in [0, 0.1) is 0 Å². The number of halogens is 4. The minimum atomic E-state index is -4.80. The van der Waals surface area contributed by atoms with E-state index in [1.54, 1.807) is 0 Å². The largest absolute Gasteiger partial charge is 0.573 e. The lowest BCUT2D eigenvalue weighted by atomic mass is 10.3. The van der Waals surface area contributed by atoms with Crippen LogP contribution >= 0.6 is 27.3 Å². The molecular formula is C12H7BrF3N3O4S. The molecule has 0 radical (unpaired) electrons. The van der Waals surface area contributed by atoms with E-state index in [1.807, 2.05) is 0 Å². The summed E-state index contributed by atoms with van der Waals surface area (Å²) in [6.07, 6.45) is -4.80. The molecule has 0 fully saturated rings. The summed E-state index contributed by atoms with van der Waals surface area (Å²) in [5.74, 6) is -1.68. The fourth-order valence-electron chi connectivity index (χ4n) is 1.49. The van der Waals surface area contributed by atoms with Gasteiger partial charge in [-0.05, 0) is 40.2 Å². The van der Waals surface area contributed by atoms with Gasteiger partial charge in [0.25, 0.3) is 0 Å². The standard InChI is InChI=1S/C12H7BrF3N3O4S/c13-8-7(9(20)21)18-11(24-8)19-10(22)17-5-1-3-6(4-2-5)23-12(14,15)16/h1-4H,(H,20,21)(H2,17,18,19,22). The van der Waals surface area contributed by atoms with Crippen LogP contribution in [0.2, 0.25) is 0 Å². The Hall–Kier alpha value is -2.34. The molecule has 1 aromatic carbocycles. The number of benzene rings is 1. The summed E-state index contributed by atoms with van der Waals surface area (Å²) < 4.78 is 40.0. The number of carbonyl (C=O) groups excluding carboxylic acids is 1. The number of thiazole rings is 1. The molecular weight excluding hydrogens is 419 g/mol. The normalized spacial score (nSPS) is 11.0. The highest BCUT2D eigenvalue weighted by Gasteiger charge is 2.30. The summed E-state index contributed by atoms with van der Waals surface area (Å²) in [5.41, 5.74) is -0.0416. The minimum absolute atomic E-state index is 0.0359. The van der Waals surface area contributed by atoms with Crippen LogP contribution in [0.1, 0.15) is 10.5 Å². The van der Waals surface area contributed by atoms with E-state index in [0.29, 0.717) is 0 Å². The second kappa shape index (κ2) is 7.05. The SMILES string of the molecule is O=C(Nc1ccc(OC(F)(F)F)cc1)Nc1nc(C(=O)O)c(Br)s1. The third-order valence-electron chi connectivity index (χ3n) is 2.35. The molecule has 0 spiro atoms. The maximum absolute atomic E-state index is 12.0. The Morgan fingerprint density at radius 2 is 1.83 bits per heavy atom. The zero-order valence-corrected chi connectivity index (χ0v) is 13.8. The van der Waals surface area contributed by atoms with Crippen molar-refractivity contribution in [2.24, 2.45) is 0 Å². The average Bonchev–Trinajstić information content (AvgIpc) is 2.80. The van der Waals surface area contributed by atoms with Gasteiger partial charge in [-0.25, -0.2) is 14.6 Å². The van der Waals surface area contributed by atoms with E-state index in [4.69, 9.17) is 5.11 Å². The first-order chi connectivity index (χ1) is 11.1. The summed E-state index contributed by atoms with van der Waals surface area (Å²) in [4.78, 5) is 26.3. The van der Waals surface area contributed by atoms with Gasteiger partial charge < -0.3 is 15.2 Å². The molecule has 0 bridgehead atoms. The smallest absolute Gasteiger partial charge is 0.476 e. The first kappa shape index (κ1) is 18.0. The molecule has 24 heavy (non-hydrogen) atoms. The number of nitrogens with zero attached hydrogens (tertiary/aromatic N) is 1. The van der Waals surface area contributed by atoms with E-state index >= 15 is 0 Å². The van der Waals surface area contributed by atoms with Crippen LogP contribution < -0.4 is 15.4 Å². The van der Waals surface area contributed by atoms with Crippen molar-refractivity contribution in [3.05, 3.63) is 33.7 Å². The Balaban J connectivity index is 1.97. The number of aromatic nitrogens is 1. The van der Waals surface area contributed by atoms with Crippen LogP contribution in [0.4, 0.5) is 28.8 Å². The predicted molar refractivity (Wildman–Crippen MR) is 82.5 cm³/mol. The summed E-state index contributed by atoms with van der Waals surface area (Å²) in [7, 11) is 0. The van der Waals surface area contributed by atoms with Crippen LogP contribution in [0.5, 0.6) is 5.75 Å². The monoisotopic (exact) mass is 425 g/mol. The number of aromatic carboxylic acids is 1. The van der Waals surface area contributed by atoms with Gasteiger partial charge in [0.15, 0.2) is 10.8 Å². The van der Waals surface area contributed by atoms with Gasteiger partial charge in [0.1, 0.15) is 9.54 Å². The number of alkyl halides is 3. The molecule has 0 aliphatic rings. The number of hydrogen-bond donors (Lipinski definition) is 3. The number of ether oxygens (including phenoxy) is 1. The van der Waals surface area contributed by atoms with E-state index in [1.165, 1.54) is 12.1 Å². The molecule has 12 heteroatoms. The summed E-state index contributed by atoms with van der Waals surface area (Å²) in [5, 5.41) is 13.6. The number of nitrogens with one attached hydrogen (secondary N) is 2. The van der Waals surface area contributed by atoms with Crippen molar-refractivity contribution in [3.63, 3.8) is 0 Å². The second-order valence-electron chi connectivity index (χ2n) is 4.10. The van der Waals surface area contributed by atoms with Crippen molar-refractivity contribution in [2.45, 2.75) is 6.36 Å². The van der Waals surface area contributed by atoms with Gasteiger partial charge in [-0.15, -0.1) is 13.2 Å². The average molecular weight is 426 g/mol. The Kier molecular flexibility index (Phi) is 5.29. The highest BCUT2D eigenvalue weighted by Crippen LogP contribution is 2.28. The summed E-state index contributed by atoms with van der Waals surface area (Å²) >= 11 is 3.90. The molecule has 1 heterocycles. The lowest BCUT2D eigenvalue weighted by Crippen LogP contribution is -2.19. The van der Waals surface area contributed by atoms with E-state index in [0.717, 1.165) is 23.5 Å². The molecule has 1 aromatic heterocycles. The number of carboxylic acids is 1. The van der Waals surface area contributed by atoms with Gasteiger partial charge in [-0.3, -0.25) is 5.32 Å². The van der Waals surface area contributed by atoms with Crippen molar-refractivity contribution in [3.8, 4) is 5.75 Å². The molecule has 128 valence electrons. The number of anilines is 2. The van der Waals surface area contributed by atoms with E-state index in [2.05, 4.69) is 36.3 Å². The molecule has 2 aromatic rings. The Morgan fingerprint density at radius 1 is 1.21 bits per heavy atom. The van der Waals surface area contributed by atoms with Crippen molar-refractivity contribution in [2.75, 3.05) is 10.6 Å². The molecule has 0 saturated carbocycles. The van der Waals surface area contributed by atoms with Crippen LogP contribution in [0.25, 0.3) is 0 Å². The number of carbonyl (C=O) groups is 2. The Bertz CT molecular complexity index is 764. The van der Waals surface area contributed by atoms with Gasteiger partial charge in [0.05, 0.1) is 0 Å². The van der Waals surface area contributed by atoms with E-state index < -0.39 is 24.1 Å². The highest BCUT2D eigenvalue weighted by atomic mass is 79.9. The topological polar surface area (TPSA) is 101 Å². The quantitative estimate of drug-likeness (QED) is 0.682. The Morgan fingerprint density at radius 3 is 2.33 bits per heavy atom. The second-order valence-corrected chi connectivity index (χ2v) is 6.41. The fraction of sp³-hybridized carbons (Fsp3) is 0.0833. The molecule has 3 N–H and O–H groups in total. The van der Waals surface area contributed by atoms with Crippen molar-refractivity contribution in [1.82, 2.24) is 4.98 Å². The number of carboxylic acid groups (broad SMARTS) is 1. The zero-order chi connectivity index (χ0) is 17.9. The lowest BCUT2D eigenvalue weighted by molar-refractivity contribution is -0.274. The van der Waals surface area contributed by atoms with Gasteiger partial charge >= 0.3 is 18.4 Å². The molecule has 0 aliphatic heterocycles. The molecule has 0 unspecified atom stereocenters. The number of rotatable bonds is 4. The molecule has 0 saturated heterocycles. The van der Waals surface area contributed by atoms with Gasteiger partial charge in [0.2, 0.25) is 0 Å². The summed E-state index contributed by atoms with van der Waals surface area (Å²) in [6.45, 7) is 0. The summed E-state index contributed by atoms with van der Waals surface area (Å²) in [6, 6.07) is 3.75. The van der Waals surface area contributed by atoms with E-state index in [9.17, 15) is 22.8 Å². The maximum atomic E-state index is 12.0. The molecule has 0 aliphatic carbocycles. The molecule has 2 amide bonds. The van der Waals surface area contributed by atoms with Crippen molar-refractivity contribution in [1.29, 1.82) is 0 Å². The number of amides is 2. The van der Waals surface area contributed by atoms with Crippen LogP contribution in [0.15, 0.2) is 28.1 Å². The number of urea groups is 1. The predicted octanol–water partition coefficient (Wildman–Crippen LogP) is 4.15. The van der Waals surface area contributed by atoms with Gasteiger partial charge in [0, 0.05) is 5.69 Å². The number of hydrogen-bond acceptors (Lipinski definition) is 5. The first-order valence-electron chi connectivity index (χ1n) is 5.97. The molecule has 7 nitrogen and oxygen atoms in total. The molecule has 0 atom stereocenters. The van der Waals surface area contributed by atoms with Gasteiger partial charge in [-0.2, -0.15) is 0 Å². The Labute approximate surface area is 144 Å².